The lowest BCUT2D eigenvalue weighted by Gasteiger charge is -2.22. The lowest BCUT2D eigenvalue weighted by molar-refractivity contribution is -0.121. The predicted octanol–water partition coefficient (Wildman–Crippen LogP) is 2.83. The first-order valence-corrected chi connectivity index (χ1v) is 9.82. The summed E-state index contributed by atoms with van der Waals surface area (Å²) in [6, 6.07) is 5.80. The molecule has 1 N–H and O–H groups in total. The number of aryl methyl sites for hydroxylation is 1. The number of nitrogens with zero attached hydrogens (tertiary/aromatic N) is 2. The Morgan fingerprint density at radius 2 is 2.21 bits per heavy atom. The van der Waals surface area contributed by atoms with Gasteiger partial charge in [0.05, 0.1) is 31.2 Å². The van der Waals surface area contributed by atoms with E-state index in [9.17, 15) is 9.59 Å². The number of hydrogen-bond acceptors (Lipinski definition) is 5. The fraction of sp³-hybridized carbons (Fsp3) is 0.476. The van der Waals surface area contributed by atoms with Gasteiger partial charge < -0.3 is 19.4 Å². The number of methoxy groups -OCH3 is 1. The fourth-order valence-corrected chi connectivity index (χ4v) is 4.06. The van der Waals surface area contributed by atoms with Crippen LogP contribution in [0.5, 0.6) is 5.88 Å². The van der Waals surface area contributed by atoms with Gasteiger partial charge in [0.15, 0.2) is 0 Å². The molecule has 4 rings (SSSR count). The highest BCUT2D eigenvalue weighted by molar-refractivity contribution is 5.98. The first kappa shape index (κ1) is 18.5. The van der Waals surface area contributed by atoms with Gasteiger partial charge in [-0.3, -0.25) is 9.59 Å². The minimum absolute atomic E-state index is 0.0439. The predicted molar refractivity (Wildman–Crippen MR) is 102 cm³/mol. The van der Waals surface area contributed by atoms with Crippen LogP contribution < -0.4 is 10.1 Å². The van der Waals surface area contributed by atoms with Gasteiger partial charge in [0.25, 0.3) is 5.91 Å². The van der Waals surface area contributed by atoms with E-state index in [4.69, 9.17) is 9.15 Å². The number of pyridine rings is 1. The van der Waals surface area contributed by atoms with Crippen molar-refractivity contribution in [3.8, 4) is 5.88 Å². The first-order chi connectivity index (χ1) is 13.7. The van der Waals surface area contributed by atoms with Gasteiger partial charge in [-0.1, -0.05) is 12.8 Å². The molecule has 0 saturated heterocycles. The number of fused-ring (bicyclic) bond motifs is 1. The van der Waals surface area contributed by atoms with Crippen LogP contribution in [-0.2, 0) is 24.3 Å². The molecule has 28 heavy (non-hydrogen) atoms. The normalized spacial score (nSPS) is 16.5. The molecule has 1 saturated carbocycles. The Kier molecular flexibility index (Phi) is 5.32. The summed E-state index contributed by atoms with van der Waals surface area (Å²) in [6.45, 7) is 0.822. The number of carbonyl (C=O) groups is 2. The van der Waals surface area contributed by atoms with Crippen LogP contribution in [0, 0.1) is 0 Å². The average Bonchev–Trinajstić information content (AvgIpc) is 3.46. The highest BCUT2D eigenvalue weighted by Gasteiger charge is 2.35. The molecule has 0 bridgehead atoms. The second-order valence-electron chi connectivity index (χ2n) is 7.38. The molecule has 7 heteroatoms. The molecule has 1 fully saturated rings. The Morgan fingerprint density at radius 1 is 1.39 bits per heavy atom. The van der Waals surface area contributed by atoms with E-state index in [1.807, 2.05) is 17.0 Å². The Balaban J connectivity index is 1.42. The van der Waals surface area contributed by atoms with Gasteiger partial charge in [-0.05, 0) is 31.0 Å². The SMILES string of the molecule is COc1nc2c(cc1CNC(=O)CCc1ccco1)C(=O)N(C1CCCC1)C2. The van der Waals surface area contributed by atoms with Crippen LogP contribution in [0.1, 0.15) is 59.5 Å². The van der Waals surface area contributed by atoms with E-state index >= 15 is 0 Å². The van der Waals surface area contributed by atoms with Gasteiger partial charge in [0.1, 0.15) is 5.76 Å². The molecule has 2 aromatic heterocycles. The summed E-state index contributed by atoms with van der Waals surface area (Å²) in [4.78, 5) is 31.5. The smallest absolute Gasteiger partial charge is 0.256 e. The summed E-state index contributed by atoms with van der Waals surface area (Å²) in [5.41, 5.74) is 2.11. The molecule has 0 aromatic carbocycles. The Morgan fingerprint density at radius 3 is 2.93 bits per heavy atom. The molecular formula is C21H25N3O4. The van der Waals surface area contributed by atoms with Crippen molar-refractivity contribution < 1.29 is 18.7 Å². The van der Waals surface area contributed by atoms with Crippen molar-refractivity contribution >= 4 is 11.8 Å². The van der Waals surface area contributed by atoms with Crippen LogP contribution in [0.15, 0.2) is 28.9 Å². The van der Waals surface area contributed by atoms with E-state index in [0.29, 0.717) is 42.4 Å². The van der Waals surface area contributed by atoms with Crippen molar-refractivity contribution in [1.82, 2.24) is 15.2 Å². The quantitative estimate of drug-likeness (QED) is 0.795. The molecule has 2 amide bonds. The van der Waals surface area contributed by atoms with Crippen LogP contribution in [0.25, 0.3) is 0 Å². The molecule has 1 aliphatic heterocycles. The Hall–Kier alpha value is -2.83. The summed E-state index contributed by atoms with van der Waals surface area (Å²) in [5.74, 6) is 1.20. The zero-order chi connectivity index (χ0) is 19.5. The van der Waals surface area contributed by atoms with Crippen molar-refractivity contribution in [2.24, 2.45) is 0 Å². The van der Waals surface area contributed by atoms with Crippen molar-refractivity contribution in [2.75, 3.05) is 7.11 Å². The molecule has 0 atom stereocenters. The molecule has 0 radical (unpaired) electrons. The second kappa shape index (κ2) is 8.04. The van der Waals surface area contributed by atoms with E-state index < -0.39 is 0 Å². The van der Waals surface area contributed by atoms with Crippen molar-refractivity contribution in [1.29, 1.82) is 0 Å². The number of nitrogens with one attached hydrogen (secondary N) is 1. The van der Waals surface area contributed by atoms with E-state index in [2.05, 4.69) is 10.3 Å². The number of carbonyl (C=O) groups excluding carboxylic acids is 2. The molecule has 2 aromatic rings. The largest absolute Gasteiger partial charge is 0.481 e. The third-order valence-corrected chi connectivity index (χ3v) is 5.57. The number of aromatic nitrogens is 1. The highest BCUT2D eigenvalue weighted by atomic mass is 16.5. The maximum Gasteiger partial charge on any atom is 0.256 e. The maximum absolute atomic E-state index is 12.9. The van der Waals surface area contributed by atoms with Crippen molar-refractivity contribution in [3.63, 3.8) is 0 Å². The minimum Gasteiger partial charge on any atom is -0.481 e. The van der Waals surface area contributed by atoms with Gasteiger partial charge in [0, 0.05) is 31.0 Å². The molecular weight excluding hydrogens is 358 g/mol. The molecule has 2 aliphatic rings. The summed E-state index contributed by atoms with van der Waals surface area (Å²) >= 11 is 0. The van der Waals surface area contributed by atoms with Gasteiger partial charge in [0.2, 0.25) is 11.8 Å². The van der Waals surface area contributed by atoms with Gasteiger partial charge in [-0.15, -0.1) is 0 Å². The van der Waals surface area contributed by atoms with Crippen LogP contribution in [-0.4, -0.2) is 34.8 Å². The van der Waals surface area contributed by atoms with Gasteiger partial charge in [-0.25, -0.2) is 4.98 Å². The van der Waals surface area contributed by atoms with Crippen molar-refractivity contribution in [3.05, 3.63) is 47.0 Å². The Bertz CT molecular complexity index is 857. The topological polar surface area (TPSA) is 84.7 Å². The molecule has 1 aliphatic carbocycles. The number of furan rings is 1. The summed E-state index contributed by atoms with van der Waals surface area (Å²) in [7, 11) is 1.56. The zero-order valence-electron chi connectivity index (χ0n) is 16.1. The van der Waals surface area contributed by atoms with Crippen LogP contribution in [0.4, 0.5) is 0 Å². The molecule has 7 nitrogen and oxygen atoms in total. The van der Waals surface area contributed by atoms with Crippen molar-refractivity contribution in [2.45, 2.75) is 57.7 Å². The van der Waals surface area contributed by atoms with E-state index in [1.54, 1.807) is 19.4 Å². The fourth-order valence-electron chi connectivity index (χ4n) is 4.06. The van der Waals surface area contributed by atoms with E-state index in [1.165, 1.54) is 12.8 Å². The third kappa shape index (κ3) is 3.74. The third-order valence-electron chi connectivity index (χ3n) is 5.57. The molecule has 148 valence electrons. The monoisotopic (exact) mass is 383 g/mol. The lowest BCUT2D eigenvalue weighted by atomic mass is 10.1. The number of rotatable bonds is 7. The lowest BCUT2D eigenvalue weighted by Crippen LogP contribution is -2.33. The number of amides is 2. The molecule has 0 unspecified atom stereocenters. The highest BCUT2D eigenvalue weighted by Crippen LogP contribution is 2.33. The number of ether oxygens (including phenoxy) is 1. The standard InChI is InChI=1S/C21H25N3O4/c1-27-20-14(12-22-19(25)9-8-16-7-4-10-28-16)11-17-18(23-20)13-24(21(17)26)15-5-2-3-6-15/h4,7,10-11,15H,2-3,5-6,8-9,12-13H2,1H3,(H,22,25). The minimum atomic E-state index is -0.0853. The average molecular weight is 383 g/mol. The maximum atomic E-state index is 12.9. The molecule has 3 heterocycles. The Labute approximate surface area is 164 Å². The van der Waals surface area contributed by atoms with Crippen LogP contribution in [0.3, 0.4) is 0 Å². The summed E-state index contributed by atoms with van der Waals surface area (Å²) in [5, 5.41) is 2.88. The van der Waals surface area contributed by atoms with Gasteiger partial charge >= 0.3 is 0 Å². The van der Waals surface area contributed by atoms with Gasteiger partial charge in [-0.2, -0.15) is 0 Å². The van der Waals surface area contributed by atoms with Crippen LogP contribution >= 0.6 is 0 Å². The van der Waals surface area contributed by atoms with E-state index in [0.717, 1.165) is 24.3 Å². The molecule has 0 spiro atoms. The summed E-state index contributed by atoms with van der Waals surface area (Å²) < 4.78 is 10.7. The first-order valence-electron chi connectivity index (χ1n) is 9.82. The van der Waals surface area contributed by atoms with E-state index in [-0.39, 0.29) is 18.4 Å². The summed E-state index contributed by atoms with van der Waals surface area (Å²) in [6.07, 6.45) is 6.97. The van der Waals surface area contributed by atoms with Crippen LogP contribution in [0.2, 0.25) is 0 Å². The second-order valence-corrected chi connectivity index (χ2v) is 7.38. The number of hydrogen-bond donors (Lipinski definition) is 1. The zero-order valence-corrected chi connectivity index (χ0v) is 16.1.